The monoisotopic (exact) mass is 284 g/mol. The summed E-state index contributed by atoms with van der Waals surface area (Å²) in [5, 5.41) is 12.4. The molecule has 0 saturated carbocycles. The summed E-state index contributed by atoms with van der Waals surface area (Å²) in [6.45, 7) is 3.33. The number of rotatable bonds is 2. The molecule has 110 valence electrons. The largest absolute Gasteiger partial charge is 0.313 e. The summed E-state index contributed by atoms with van der Waals surface area (Å²) in [6, 6.07) is 10.2. The average Bonchev–Trinajstić information content (AvgIpc) is 2.54. The lowest BCUT2D eigenvalue weighted by Gasteiger charge is -2.35. The number of nitrogens with zero attached hydrogens (tertiary/aromatic N) is 3. The number of para-hydroxylation sites is 1. The fourth-order valence-corrected chi connectivity index (χ4v) is 3.11. The number of nitrogens with one attached hydrogen (secondary N) is 1. The number of fused-ring (bicyclic) bond motifs is 1. The molecule has 0 spiro atoms. The van der Waals surface area contributed by atoms with Gasteiger partial charge in [-0.05, 0) is 24.5 Å². The fraction of sp³-hybridized carbons (Fsp3) is 0.500. The van der Waals surface area contributed by atoms with Crippen LogP contribution >= 0.6 is 0 Å². The van der Waals surface area contributed by atoms with Crippen LogP contribution in [0.5, 0.6) is 0 Å². The number of carbonyl (C=O) groups is 1. The third-order valence-electron chi connectivity index (χ3n) is 4.25. The summed E-state index contributed by atoms with van der Waals surface area (Å²) in [4.78, 5) is 16.5. The second-order valence-electron chi connectivity index (χ2n) is 5.60. The van der Waals surface area contributed by atoms with E-state index in [4.69, 9.17) is 0 Å². The number of piperazine rings is 1. The van der Waals surface area contributed by atoms with Crippen molar-refractivity contribution in [3.8, 4) is 6.07 Å². The first-order valence-corrected chi connectivity index (χ1v) is 7.52. The number of carbonyl (C=O) groups excluding carboxylic acids is 1. The van der Waals surface area contributed by atoms with Gasteiger partial charge >= 0.3 is 0 Å². The van der Waals surface area contributed by atoms with Gasteiger partial charge in [0.15, 0.2) is 0 Å². The van der Waals surface area contributed by atoms with E-state index in [2.05, 4.69) is 17.5 Å². The van der Waals surface area contributed by atoms with Gasteiger partial charge in [0, 0.05) is 31.9 Å². The van der Waals surface area contributed by atoms with E-state index >= 15 is 0 Å². The maximum Gasteiger partial charge on any atom is 0.241 e. The maximum atomic E-state index is 12.6. The van der Waals surface area contributed by atoms with E-state index in [1.54, 1.807) is 0 Å². The number of amides is 1. The van der Waals surface area contributed by atoms with Crippen molar-refractivity contribution in [2.24, 2.45) is 0 Å². The van der Waals surface area contributed by atoms with Gasteiger partial charge in [0.25, 0.3) is 0 Å². The van der Waals surface area contributed by atoms with Gasteiger partial charge in [0.1, 0.15) is 6.04 Å². The molecule has 5 nitrogen and oxygen atoms in total. The fourth-order valence-electron chi connectivity index (χ4n) is 3.11. The topological polar surface area (TPSA) is 59.4 Å². The molecule has 5 heteroatoms. The summed E-state index contributed by atoms with van der Waals surface area (Å²) >= 11 is 0. The van der Waals surface area contributed by atoms with Gasteiger partial charge < -0.3 is 10.2 Å². The molecule has 1 saturated heterocycles. The number of hydrogen-bond donors (Lipinski definition) is 1. The summed E-state index contributed by atoms with van der Waals surface area (Å²) in [5.74, 6) is 0.101. The van der Waals surface area contributed by atoms with Crippen LogP contribution in [0, 0.1) is 11.3 Å². The van der Waals surface area contributed by atoms with E-state index in [9.17, 15) is 10.1 Å². The Hall–Kier alpha value is -1.90. The van der Waals surface area contributed by atoms with Crippen molar-refractivity contribution in [1.82, 2.24) is 10.2 Å². The third-order valence-corrected chi connectivity index (χ3v) is 4.25. The zero-order valence-electron chi connectivity index (χ0n) is 12.1. The molecule has 1 amide bonds. The normalized spacial score (nSPS) is 22.4. The van der Waals surface area contributed by atoms with Crippen LogP contribution in [0.1, 0.15) is 12.0 Å². The summed E-state index contributed by atoms with van der Waals surface area (Å²) in [6.07, 6.45) is 2.04. The quantitative estimate of drug-likeness (QED) is 0.871. The minimum Gasteiger partial charge on any atom is -0.313 e. The maximum absolute atomic E-state index is 12.6. The first-order chi connectivity index (χ1) is 10.3. The van der Waals surface area contributed by atoms with E-state index < -0.39 is 0 Å². The summed E-state index contributed by atoms with van der Waals surface area (Å²) in [7, 11) is 0. The first kappa shape index (κ1) is 14.1. The molecule has 1 atom stereocenters. The van der Waals surface area contributed by atoms with E-state index in [-0.39, 0.29) is 11.9 Å². The van der Waals surface area contributed by atoms with Gasteiger partial charge in [-0.2, -0.15) is 5.26 Å². The molecule has 2 aliphatic rings. The molecule has 2 aliphatic heterocycles. The van der Waals surface area contributed by atoms with Crippen LogP contribution in [-0.2, 0) is 11.2 Å². The Bertz CT molecular complexity index is 566. The standard InChI is InChI=1S/C16H20N4O/c17-10-14-11-18-7-9-19(14)12-16(21)20-8-3-5-13-4-1-2-6-15(13)20/h1-2,4,6,14,18H,3,5,7-9,11-12H2. The molecule has 21 heavy (non-hydrogen) atoms. The lowest BCUT2D eigenvalue weighted by Crippen LogP contribution is -2.54. The highest BCUT2D eigenvalue weighted by Gasteiger charge is 2.28. The Kier molecular flexibility index (Phi) is 4.18. The first-order valence-electron chi connectivity index (χ1n) is 7.52. The Labute approximate surface area is 125 Å². The van der Waals surface area contributed by atoms with Crippen LogP contribution < -0.4 is 10.2 Å². The summed E-state index contributed by atoms with van der Waals surface area (Å²) in [5.41, 5.74) is 2.28. The van der Waals surface area contributed by atoms with Crippen molar-refractivity contribution in [1.29, 1.82) is 5.26 Å². The minimum absolute atomic E-state index is 0.101. The van der Waals surface area contributed by atoms with Gasteiger partial charge in [0.2, 0.25) is 5.91 Å². The van der Waals surface area contributed by atoms with Crippen molar-refractivity contribution in [3.63, 3.8) is 0 Å². The number of anilines is 1. The molecule has 0 bridgehead atoms. The molecule has 1 N–H and O–H groups in total. The van der Waals surface area contributed by atoms with Crippen molar-refractivity contribution in [2.75, 3.05) is 37.6 Å². The SMILES string of the molecule is N#CC1CNCCN1CC(=O)N1CCCc2ccccc21. The Morgan fingerprint density at radius 1 is 1.38 bits per heavy atom. The van der Waals surface area contributed by atoms with Gasteiger partial charge in [0.05, 0.1) is 12.6 Å². The lowest BCUT2D eigenvalue weighted by molar-refractivity contribution is -0.120. The van der Waals surface area contributed by atoms with E-state index in [1.165, 1.54) is 5.56 Å². The Balaban J connectivity index is 1.73. The van der Waals surface area contributed by atoms with Gasteiger partial charge in [-0.25, -0.2) is 0 Å². The second-order valence-corrected chi connectivity index (χ2v) is 5.60. The van der Waals surface area contributed by atoms with Crippen LogP contribution in [0.2, 0.25) is 0 Å². The van der Waals surface area contributed by atoms with Crippen molar-refractivity contribution in [3.05, 3.63) is 29.8 Å². The van der Waals surface area contributed by atoms with Gasteiger partial charge in [-0.3, -0.25) is 9.69 Å². The highest BCUT2D eigenvalue weighted by molar-refractivity contribution is 5.96. The van der Waals surface area contributed by atoms with Crippen molar-refractivity contribution in [2.45, 2.75) is 18.9 Å². The highest BCUT2D eigenvalue weighted by Crippen LogP contribution is 2.26. The van der Waals surface area contributed by atoms with Gasteiger partial charge in [-0.1, -0.05) is 18.2 Å². The lowest BCUT2D eigenvalue weighted by atomic mass is 10.0. The highest BCUT2D eigenvalue weighted by atomic mass is 16.2. The molecule has 1 aromatic carbocycles. The van der Waals surface area contributed by atoms with E-state index in [0.29, 0.717) is 13.1 Å². The number of hydrogen-bond acceptors (Lipinski definition) is 4. The Morgan fingerprint density at radius 3 is 3.10 bits per heavy atom. The molecule has 1 fully saturated rings. The molecular weight excluding hydrogens is 264 g/mol. The number of nitriles is 1. The van der Waals surface area contributed by atoms with Crippen LogP contribution in [0.15, 0.2) is 24.3 Å². The van der Waals surface area contributed by atoms with Crippen LogP contribution in [0.3, 0.4) is 0 Å². The predicted octanol–water partition coefficient (Wildman–Crippen LogP) is 0.763. The summed E-state index contributed by atoms with van der Waals surface area (Å²) < 4.78 is 0. The molecule has 1 aromatic rings. The zero-order valence-corrected chi connectivity index (χ0v) is 12.1. The van der Waals surface area contributed by atoms with Crippen LogP contribution in [-0.4, -0.2) is 49.6 Å². The Morgan fingerprint density at radius 2 is 2.24 bits per heavy atom. The molecular formula is C16H20N4O. The number of aryl methyl sites for hydroxylation is 1. The van der Waals surface area contributed by atoms with E-state index in [0.717, 1.165) is 38.2 Å². The smallest absolute Gasteiger partial charge is 0.241 e. The second kappa shape index (κ2) is 6.25. The predicted molar refractivity (Wildman–Crippen MR) is 81.0 cm³/mol. The third kappa shape index (κ3) is 2.92. The van der Waals surface area contributed by atoms with Crippen LogP contribution in [0.4, 0.5) is 5.69 Å². The molecule has 2 heterocycles. The number of benzene rings is 1. The van der Waals surface area contributed by atoms with Crippen LogP contribution in [0.25, 0.3) is 0 Å². The molecule has 0 aromatic heterocycles. The van der Waals surface area contributed by atoms with Crippen molar-refractivity contribution < 1.29 is 4.79 Å². The van der Waals surface area contributed by atoms with Gasteiger partial charge in [-0.15, -0.1) is 0 Å². The molecule has 0 aliphatic carbocycles. The molecule has 3 rings (SSSR count). The van der Waals surface area contributed by atoms with E-state index in [1.807, 2.05) is 28.0 Å². The molecule has 0 radical (unpaired) electrons. The van der Waals surface area contributed by atoms with Crippen molar-refractivity contribution >= 4 is 11.6 Å². The molecule has 1 unspecified atom stereocenters. The average molecular weight is 284 g/mol. The zero-order chi connectivity index (χ0) is 14.7. The minimum atomic E-state index is -0.206.